The molecule has 1 aliphatic rings. The molecule has 3 heterocycles. The zero-order valence-corrected chi connectivity index (χ0v) is 15.1. The van der Waals surface area contributed by atoms with Crippen LogP contribution in [0.5, 0.6) is 6.01 Å². The van der Waals surface area contributed by atoms with Crippen LogP contribution in [0, 0.1) is 0 Å². The van der Waals surface area contributed by atoms with Gasteiger partial charge in [0.2, 0.25) is 5.71 Å². The SMILES string of the molecule is CCCCc1cc(=O)oc2nc(ON=C3CCS(=O)(=O)CC3)[nH]c(=O)c12. The molecule has 0 aromatic carbocycles. The first-order valence-electron chi connectivity index (χ1n) is 8.38. The average Bonchev–Trinajstić information content (AvgIpc) is 2.58. The third kappa shape index (κ3) is 4.18. The lowest BCUT2D eigenvalue weighted by Crippen LogP contribution is -2.23. The van der Waals surface area contributed by atoms with Crippen molar-refractivity contribution in [3.05, 3.63) is 32.4 Å². The number of aromatic nitrogens is 2. The average molecular weight is 381 g/mol. The molecule has 0 amide bonds. The van der Waals surface area contributed by atoms with E-state index in [2.05, 4.69) is 15.1 Å². The molecule has 2 aromatic rings. The fourth-order valence-electron chi connectivity index (χ4n) is 2.71. The molecule has 0 spiro atoms. The first-order valence-corrected chi connectivity index (χ1v) is 10.2. The normalized spacial score (nSPS) is 16.6. The van der Waals surface area contributed by atoms with E-state index in [0.29, 0.717) is 17.7 Å². The molecule has 0 radical (unpaired) electrons. The van der Waals surface area contributed by atoms with E-state index >= 15 is 0 Å². The Hall–Kier alpha value is -2.49. The van der Waals surface area contributed by atoms with Crippen LogP contribution in [0.3, 0.4) is 0 Å². The lowest BCUT2D eigenvalue weighted by molar-refractivity contribution is 0.309. The number of unbranched alkanes of at least 4 members (excludes halogenated alkanes) is 1. The summed E-state index contributed by atoms with van der Waals surface area (Å²) in [4.78, 5) is 35.7. The Balaban J connectivity index is 1.89. The van der Waals surface area contributed by atoms with E-state index in [4.69, 9.17) is 9.25 Å². The minimum Gasteiger partial charge on any atom is -0.403 e. The highest BCUT2D eigenvalue weighted by molar-refractivity contribution is 7.91. The summed E-state index contributed by atoms with van der Waals surface area (Å²) >= 11 is 0. The Kier molecular flexibility index (Phi) is 5.21. The lowest BCUT2D eigenvalue weighted by Gasteiger charge is -2.12. The third-order valence-electron chi connectivity index (χ3n) is 4.14. The number of nitrogens with zero attached hydrogens (tertiary/aromatic N) is 2. The molecule has 140 valence electrons. The molecule has 1 fully saturated rings. The van der Waals surface area contributed by atoms with Crippen molar-refractivity contribution in [3.8, 4) is 6.01 Å². The molecule has 0 unspecified atom stereocenters. The van der Waals surface area contributed by atoms with Gasteiger partial charge in [0.25, 0.3) is 5.56 Å². The van der Waals surface area contributed by atoms with Crippen molar-refractivity contribution in [2.75, 3.05) is 11.5 Å². The Morgan fingerprint density at radius 2 is 2.04 bits per heavy atom. The van der Waals surface area contributed by atoms with Gasteiger partial charge in [-0.15, -0.1) is 0 Å². The molecule has 1 aliphatic heterocycles. The van der Waals surface area contributed by atoms with Crippen LogP contribution < -0.4 is 16.0 Å². The smallest absolute Gasteiger partial charge is 0.337 e. The summed E-state index contributed by atoms with van der Waals surface area (Å²) in [6.07, 6.45) is 2.86. The highest BCUT2D eigenvalue weighted by Crippen LogP contribution is 2.16. The third-order valence-corrected chi connectivity index (χ3v) is 5.79. The molecule has 26 heavy (non-hydrogen) atoms. The highest BCUT2D eigenvalue weighted by Gasteiger charge is 2.20. The molecule has 0 bridgehead atoms. The zero-order chi connectivity index (χ0) is 18.7. The van der Waals surface area contributed by atoms with Crippen LogP contribution in [0.4, 0.5) is 0 Å². The van der Waals surface area contributed by atoms with Gasteiger partial charge in [0, 0.05) is 18.9 Å². The number of fused-ring (bicyclic) bond motifs is 1. The number of H-pyrrole nitrogens is 1. The summed E-state index contributed by atoms with van der Waals surface area (Å²) < 4.78 is 27.8. The van der Waals surface area contributed by atoms with Gasteiger partial charge < -0.3 is 9.25 Å². The Morgan fingerprint density at radius 1 is 1.31 bits per heavy atom. The van der Waals surface area contributed by atoms with Crippen LogP contribution >= 0.6 is 0 Å². The van der Waals surface area contributed by atoms with Gasteiger partial charge in [0.05, 0.1) is 17.2 Å². The standard InChI is InChI=1S/C16H19N3O6S/c1-2-3-4-10-9-12(20)24-15-13(10)14(21)17-16(18-15)25-19-11-5-7-26(22,23)8-6-11/h9H,2-8H2,1H3,(H,17,18,21). The molecule has 0 aliphatic carbocycles. The largest absolute Gasteiger partial charge is 0.403 e. The highest BCUT2D eigenvalue weighted by atomic mass is 32.2. The van der Waals surface area contributed by atoms with Crippen LogP contribution in [0.25, 0.3) is 11.1 Å². The summed E-state index contributed by atoms with van der Waals surface area (Å²) in [6.45, 7) is 2.01. The maximum atomic E-state index is 12.4. The van der Waals surface area contributed by atoms with E-state index in [0.717, 1.165) is 12.8 Å². The number of oxime groups is 1. The van der Waals surface area contributed by atoms with Crippen LogP contribution in [0.1, 0.15) is 38.2 Å². The maximum Gasteiger partial charge on any atom is 0.337 e. The van der Waals surface area contributed by atoms with Gasteiger partial charge in [-0.1, -0.05) is 18.5 Å². The van der Waals surface area contributed by atoms with Gasteiger partial charge >= 0.3 is 11.6 Å². The zero-order valence-electron chi connectivity index (χ0n) is 14.3. The molecule has 0 atom stereocenters. The van der Waals surface area contributed by atoms with E-state index in [1.807, 2.05) is 6.92 Å². The summed E-state index contributed by atoms with van der Waals surface area (Å²) in [6, 6.07) is 1.09. The second-order valence-corrected chi connectivity index (χ2v) is 8.45. The Morgan fingerprint density at radius 3 is 2.73 bits per heavy atom. The van der Waals surface area contributed by atoms with Crippen molar-refractivity contribution in [2.45, 2.75) is 39.0 Å². The van der Waals surface area contributed by atoms with E-state index in [-0.39, 0.29) is 41.5 Å². The molecule has 9 nitrogen and oxygen atoms in total. The molecular weight excluding hydrogens is 362 g/mol. The first kappa shape index (κ1) is 18.3. The summed E-state index contributed by atoms with van der Waals surface area (Å²) in [7, 11) is -3.01. The van der Waals surface area contributed by atoms with Gasteiger partial charge in [0.1, 0.15) is 5.39 Å². The second-order valence-electron chi connectivity index (χ2n) is 6.15. The fraction of sp³-hybridized carbons (Fsp3) is 0.500. The van der Waals surface area contributed by atoms with E-state index in [9.17, 15) is 18.0 Å². The minimum absolute atomic E-state index is 0.0204. The van der Waals surface area contributed by atoms with Gasteiger partial charge in [-0.3, -0.25) is 9.78 Å². The number of rotatable bonds is 5. The molecule has 10 heteroatoms. The monoisotopic (exact) mass is 381 g/mol. The van der Waals surface area contributed by atoms with Crippen LogP contribution in [0.15, 0.2) is 25.2 Å². The van der Waals surface area contributed by atoms with E-state index in [1.165, 1.54) is 6.07 Å². The predicted octanol–water partition coefficient (Wildman–Crippen LogP) is 1.16. The minimum atomic E-state index is -3.01. The fourth-order valence-corrected chi connectivity index (χ4v) is 4.01. The van der Waals surface area contributed by atoms with Gasteiger partial charge in [-0.25, -0.2) is 13.2 Å². The number of hydrogen-bond donors (Lipinski definition) is 1. The van der Waals surface area contributed by atoms with Crippen LogP contribution in [-0.4, -0.2) is 35.6 Å². The summed E-state index contributed by atoms with van der Waals surface area (Å²) in [5.41, 5.74) is -0.0144. The lowest BCUT2D eigenvalue weighted by atomic mass is 10.1. The van der Waals surface area contributed by atoms with Crippen molar-refractivity contribution < 1.29 is 17.7 Å². The summed E-state index contributed by atoms with van der Waals surface area (Å²) in [5.74, 6) is 0.0407. The molecule has 3 rings (SSSR count). The quantitative estimate of drug-likeness (QED) is 0.769. The van der Waals surface area contributed by atoms with Gasteiger partial charge in [-0.05, 0) is 18.4 Å². The molecule has 1 N–H and O–H groups in total. The topological polar surface area (TPSA) is 132 Å². The van der Waals surface area contributed by atoms with Crippen molar-refractivity contribution >= 4 is 26.6 Å². The molecule has 0 saturated carbocycles. The first-order chi connectivity index (χ1) is 12.4. The van der Waals surface area contributed by atoms with Gasteiger partial charge in [-0.2, -0.15) is 4.98 Å². The molecular formula is C16H19N3O6S. The number of hydrogen-bond acceptors (Lipinski definition) is 8. The maximum absolute atomic E-state index is 12.4. The second kappa shape index (κ2) is 7.40. The van der Waals surface area contributed by atoms with Crippen LogP contribution in [0.2, 0.25) is 0 Å². The number of nitrogens with one attached hydrogen (secondary N) is 1. The van der Waals surface area contributed by atoms with Crippen molar-refractivity contribution in [3.63, 3.8) is 0 Å². The van der Waals surface area contributed by atoms with E-state index < -0.39 is 21.0 Å². The predicted molar refractivity (Wildman–Crippen MR) is 95.5 cm³/mol. The Labute approximate surface area is 149 Å². The molecule has 1 saturated heterocycles. The van der Waals surface area contributed by atoms with Gasteiger partial charge in [0.15, 0.2) is 9.84 Å². The van der Waals surface area contributed by atoms with Crippen molar-refractivity contribution in [1.82, 2.24) is 9.97 Å². The number of aromatic amines is 1. The number of aryl methyl sites for hydroxylation is 1. The van der Waals surface area contributed by atoms with Crippen LogP contribution in [-0.2, 0) is 16.3 Å². The van der Waals surface area contributed by atoms with Crippen molar-refractivity contribution in [1.29, 1.82) is 0 Å². The number of sulfone groups is 1. The Bertz CT molecular complexity index is 1050. The molecule has 2 aromatic heterocycles. The van der Waals surface area contributed by atoms with E-state index in [1.54, 1.807) is 0 Å². The summed E-state index contributed by atoms with van der Waals surface area (Å²) in [5, 5.41) is 4.09. The van der Waals surface area contributed by atoms with Crippen molar-refractivity contribution in [2.24, 2.45) is 5.16 Å².